The average molecular weight is 440 g/mol. The van der Waals surface area contributed by atoms with Gasteiger partial charge in [-0.15, -0.1) is 0 Å². The quantitative estimate of drug-likeness (QED) is 0.598. The van der Waals surface area contributed by atoms with E-state index in [2.05, 4.69) is 22.3 Å². The maximum absolute atomic E-state index is 10.1. The lowest BCUT2D eigenvalue weighted by Gasteiger charge is -2.28. The summed E-state index contributed by atoms with van der Waals surface area (Å²) in [6, 6.07) is 4.48. The van der Waals surface area contributed by atoms with Crippen LogP contribution in [0.4, 0.5) is 5.82 Å². The first kappa shape index (κ1) is 21.8. The van der Waals surface area contributed by atoms with Gasteiger partial charge in [-0.3, -0.25) is 0 Å². The van der Waals surface area contributed by atoms with Crippen LogP contribution in [0.3, 0.4) is 0 Å². The number of benzene rings is 1. The van der Waals surface area contributed by atoms with Crippen molar-refractivity contribution in [2.75, 3.05) is 38.7 Å². The highest BCUT2D eigenvalue weighted by molar-refractivity contribution is 5.89. The highest BCUT2D eigenvalue weighted by Gasteiger charge is 2.25. The summed E-state index contributed by atoms with van der Waals surface area (Å²) in [5.74, 6) is 2.59. The molecule has 2 heterocycles. The van der Waals surface area contributed by atoms with E-state index in [-0.39, 0.29) is 6.10 Å². The molecule has 6 heteroatoms. The van der Waals surface area contributed by atoms with Crippen LogP contribution in [0.1, 0.15) is 62.5 Å². The average Bonchev–Trinajstić information content (AvgIpc) is 3.49. The van der Waals surface area contributed by atoms with Gasteiger partial charge in [0.05, 0.1) is 25.3 Å². The van der Waals surface area contributed by atoms with Crippen LogP contribution in [0.5, 0.6) is 11.5 Å². The fourth-order valence-electron chi connectivity index (χ4n) is 5.73. The molecule has 3 aliphatic rings. The Kier molecular flexibility index (Phi) is 6.69. The molecule has 5 rings (SSSR count). The summed E-state index contributed by atoms with van der Waals surface area (Å²) in [6.07, 6.45) is 10.7. The molecule has 1 aromatic heterocycles. The van der Waals surface area contributed by atoms with E-state index in [1.54, 1.807) is 7.11 Å². The van der Waals surface area contributed by atoms with Crippen LogP contribution in [0.2, 0.25) is 0 Å². The van der Waals surface area contributed by atoms with Crippen molar-refractivity contribution in [1.82, 2.24) is 9.88 Å². The molecule has 174 valence electrons. The minimum atomic E-state index is -0.195. The van der Waals surface area contributed by atoms with Crippen molar-refractivity contribution < 1.29 is 14.6 Å². The molecule has 6 nitrogen and oxygen atoms in total. The predicted molar refractivity (Wildman–Crippen MR) is 128 cm³/mol. The molecule has 1 saturated heterocycles. The number of aliphatic hydroxyl groups is 1. The van der Waals surface area contributed by atoms with E-state index >= 15 is 0 Å². The number of rotatable bonds is 8. The molecule has 2 aromatic rings. The normalized spacial score (nSPS) is 23.4. The van der Waals surface area contributed by atoms with Gasteiger partial charge in [0.1, 0.15) is 5.82 Å². The van der Waals surface area contributed by atoms with Crippen LogP contribution in [0, 0.1) is 0 Å². The zero-order valence-electron chi connectivity index (χ0n) is 19.4. The van der Waals surface area contributed by atoms with Gasteiger partial charge in [-0.25, -0.2) is 4.98 Å². The van der Waals surface area contributed by atoms with Gasteiger partial charge in [0.25, 0.3) is 0 Å². The lowest BCUT2D eigenvalue weighted by Crippen LogP contribution is -2.30. The van der Waals surface area contributed by atoms with Crippen LogP contribution >= 0.6 is 0 Å². The highest BCUT2D eigenvalue weighted by atomic mass is 16.5. The lowest BCUT2D eigenvalue weighted by atomic mass is 9.93. The molecule has 1 aromatic carbocycles. The van der Waals surface area contributed by atoms with Gasteiger partial charge in [-0.05, 0) is 94.5 Å². The molecular weight excluding hydrogens is 402 g/mol. The summed E-state index contributed by atoms with van der Waals surface area (Å²) in [5.41, 5.74) is 3.71. The molecular formula is C26H37N3O3. The fraction of sp³-hybridized carbons (Fsp3) is 0.654. The Bertz CT molecular complexity index is 942. The number of ether oxygens (including phenoxy) is 2. The second kappa shape index (κ2) is 9.84. The van der Waals surface area contributed by atoms with E-state index in [0.29, 0.717) is 12.6 Å². The largest absolute Gasteiger partial charge is 0.493 e. The van der Waals surface area contributed by atoms with E-state index in [4.69, 9.17) is 14.5 Å². The number of hydrogen-bond acceptors (Lipinski definition) is 6. The number of nitrogens with one attached hydrogen (secondary N) is 1. The number of aromatic nitrogens is 1. The summed E-state index contributed by atoms with van der Waals surface area (Å²) in [7, 11) is 1.72. The van der Waals surface area contributed by atoms with Crippen molar-refractivity contribution in [2.24, 2.45) is 0 Å². The molecule has 2 aliphatic carbocycles. The summed E-state index contributed by atoms with van der Waals surface area (Å²) >= 11 is 0. The van der Waals surface area contributed by atoms with E-state index in [1.165, 1.54) is 42.4 Å². The standard InChI is InChI=1S/C26H37N3O3/c1-31-24-16-22-20-9-5-10-21(20)26(27-18-7-4-8-19(30)15-18)28-23(22)17-25(24)32-14-6-13-29-11-2-3-12-29/h16-19,30H,2-15H2,1H3,(H,27,28)/t18-,19-/m1/s1. The third-order valence-electron chi connectivity index (χ3n) is 7.41. The number of anilines is 1. The monoisotopic (exact) mass is 439 g/mol. The van der Waals surface area contributed by atoms with Gasteiger partial charge in [-0.2, -0.15) is 0 Å². The zero-order chi connectivity index (χ0) is 21.9. The van der Waals surface area contributed by atoms with Gasteiger partial charge in [0.15, 0.2) is 11.5 Å². The highest BCUT2D eigenvalue weighted by Crippen LogP contribution is 2.39. The molecule has 0 amide bonds. The van der Waals surface area contributed by atoms with Crippen molar-refractivity contribution in [3.8, 4) is 11.5 Å². The van der Waals surface area contributed by atoms with Crippen LogP contribution in [-0.2, 0) is 12.8 Å². The number of fused-ring (bicyclic) bond motifs is 3. The molecule has 2 N–H and O–H groups in total. The molecule has 2 atom stereocenters. The molecule has 1 saturated carbocycles. The number of methoxy groups -OCH3 is 1. The molecule has 1 aliphatic heterocycles. The van der Waals surface area contributed by atoms with Crippen molar-refractivity contribution in [1.29, 1.82) is 0 Å². The van der Waals surface area contributed by atoms with Gasteiger partial charge in [0, 0.05) is 24.0 Å². The second-order valence-electron chi connectivity index (χ2n) is 9.70. The predicted octanol–water partition coefficient (Wildman–Crippen LogP) is 4.31. The summed E-state index contributed by atoms with van der Waals surface area (Å²) in [6.45, 7) is 4.24. The zero-order valence-corrected chi connectivity index (χ0v) is 19.4. The first-order chi connectivity index (χ1) is 15.7. The van der Waals surface area contributed by atoms with E-state index in [0.717, 1.165) is 80.7 Å². The van der Waals surface area contributed by atoms with Gasteiger partial charge in [-0.1, -0.05) is 0 Å². The Morgan fingerprint density at radius 3 is 2.72 bits per heavy atom. The third-order valence-corrected chi connectivity index (χ3v) is 7.41. The SMILES string of the molecule is COc1cc2c3c(c(N[C@@H]4CCC[C@@H](O)C4)nc2cc1OCCCN1CCCC1)CCC3. The molecule has 32 heavy (non-hydrogen) atoms. The third kappa shape index (κ3) is 4.67. The van der Waals surface area contributed by atoms with Crippen molar-refractivity contribution in [2.45, 2.75) is 76.4 Å². The van der Waals surface area contributed by atoms with Crippen molar-refractivity contribution >= 4 is 16.7 Å². The number of aryl methyl sites for hydroxylation is 1. The topological polar surface area (TPSA) is 66.8 Å². The second-order valence-corrected chi connectivity index (χ2v) is 9.70. The maximum atomic E-state index is 10.1. The van der Waals surface area contributed by atoms with Crippen LogP contribution < -0.4 is 14.8 Å². The summed E-state index contributed by atoms with van der Waals surface area (Å²) < 4.78 is 11.9. The van der Waals surface area contributed by atoms with Crippen LogP contribution in [-0.4, -0.2) is 60.5 Å². The molecule has 0 bridgehead atoms. The Hall–Kier alpha value is -2.05. The minimum Gasteiger partial charge on any atom is -0.493 e. The summed E-state index contributed by atoms with van der Waals surface area (Å²) in [4.78, 5) is 7.58. The maximum Gasteiger partial charge on any atom is 0.163 e. The van der Waals surface area contributed by atoms with E-state index < -0.39 is 0 Å². The first-order valence-corrected chi connectivity index (χ1v) is 12.5. The fourth-order valence-corrected chi connectivity index (χ4v) is 5.73. The Balaban J connectivity index is 1.37. The Labute approximate surface area is 191 Å². The molecule has 0 radical (unpaired) electrons. The number of aliphatic hydroxyl groups excluding tert-OH is 1. The molecule has 0 unspecified atom stereocenters. The number of likely N-dealkylation sites (tertiary alicyclic amines) is 1. The lowest BCUT2D eigenvalue weighted by molar-refractivity contribution is 0.124. The van der Waals surface area contributed by atoms with Crippen molar-refractivity contribution in [3.05, 3.63) is 23.3 Å². The van der Waals surface area contributed by atoms with Gasteiger partial charge in [0.2, 0.25) is 0 Å². The number of hydrogen-bond donors (Lipinski definition) is 2. The minimum absolute atomic E-state index is 0.195. The van der Waals surface area contributed by atoms with Crippen LogP contribution in [0.25, 0.3) is 10.9 Å². The van der Waals surface area contributed by atoms with Crippen molar-refractivity contribution in [3.63, 3.8) is 0 Å². The van der Waals surface area contributed by atoms with E-state index in [1.807, 2.05) is 0 Å². The number of pyridine rings is 1. The van der Waals surface area contributed by atoms with Crippen LogP contribution in [0.15, 0.2) is 12.1 Å². The first-order valence-electron chi connectivity index (χ1n) is 12.5. The Morgan fingerprint density at radius 1 is 1.06 bits per heavy atom. The molecule has 2 fully saturated rings. The Morgan fingerprint density at radius 2 is 1.91 bits per heavy atom. The van der Waals surface area contributed by atoms with Gasteiger partial charge < -0.3 is 24.8 Å². The van der Waals surface area contributed by atoms with E-state index in [9.17, 15) is 5.11 Å². The van der Waals surface area contributed by atoms with Gasteiger partial charge >= 0.3 is 0 Å². The number of nitrogens with zero attached hydrogens (tertiary/aromatic N) is 2. The summed E-state index contributed by atoms with van der Waals surface area (Å²) in [5, 5.41) is 15.0. The molecule has 0 spiro atoms. The smallest absolute Gasteiger partial charge is 0.163 e.